The molecular formula is C28H29N5O3S. The zero-order chi connectivity index (χ0) is 26.3. The van der Waals surface area contributed by atoms with Crippen molar-refractivity contribution in [3.05, 3.63) is 108 Å². The first kappa shape index (κ1) is 25.9. The fourth-order valence-corrected chi connectivity index (χ4v) is 5.12. The summed E-state index contributed by atoms with van der Waals surface area (Å²) in [5, 5.41) is 5.49. The van der Waals surface area contributed by atoms with Gasteiger partial charge in [0.2, 0.25) is 0 Å². The first-order chi connectivity index (χ1) is 17.8. The molecule has 190 valence electrons. The van der Waals surface area contributed by atoms with Gasteiger partial charge in [-0.2, -0.15) is 0 Å². The van der Waals surface area contributed by atoms with Gasteiger partial charge in [0.1, 0.15) is 0 Å². The van der Waals surface area contributed by atoms with E-state index in [1.807, 2.05) is 50.5 Å². The van der Waals surface area contributed by atoms with E-state index in [9.17, 15) is 13.2 Å². The highest BCUT2D eigenvalue weighted by Gasteiger charge is 2.19. The van der Waals surface area contributed by atoms with Gasteiger partial charge in [0.15, 0.2) is 0 Å². The second kappa shape index (κ2) is 11.7. The minimum Gasteiger partial charge on any atom is -0.334 e. The molecule has 3 N–H and O–H groups in total. The first-order valence-corrected chi connectivity index (χ1v) is 13.2. The van der Waals surface area contributed by atoms with E-state index in [2.05, 4.69) is 25.2 Å². The predicted octanol–water partition coefficient (Wildman–Crippen LogP) is 4.93. The number of carbonyl (C=O) groups is 1. The van der Waals surface area contributed by atoms with Gasteiger partial charge in [-0.25, -0.2) is 13.2 Å². The molecule has 4 rings (SSSR count). The number of anilines is 2. The van der Waals surface area contributed by atoms with Crippen LogP contribution < -0.4 is 15.4 Å². The number of urea groups is 1. The van der Waals surface area contributed by atoms with Crippen LogP contribution in [-0.2, 0) is 23.1 Å². The number of aromatic nitrogens is 1. The Morgan fingerprint density at radius 3 is 2.32 bits per heavy atom. The number of benzene rings is 3. The van der Waals surface area contributed by atoms with Gasteiger partial charge in [-0.05, 0) is 73.3 Å². The maximum absolute atomic E-state index is 13.3. The van der Waals surface area contributed by atoms with Crippen molar-refractivity contribution in [3.63, 3.8) is 0 Å². The Bertz CT molecular complexity index is 1460. The summed E-state index contributed by atoms with van der Waals surface area (Å²) < 4.78 is 29.3. The molecule has 8 nitrogen and oxygen atoms in total. The Balaban J connectivity index is 1.45. The minimum absolute atomic E-state index is 0.189. The van der Waals surface area contributed by atoms with E-state index in [4.69, 9.17) is 0 Å². The van der Waals surface area contributed by atoms with E-state index >= 15 is 0 Å². The van der Waals surface area contributed by atoms with Crippen LogP contribution in [0.4, 0.5) is 16.2 Å². The topological polar surface area (TPSA) is 103 Å². The molecule has 1 aromatic heterocycles. The average molecular weight is 516 g/mol. The van der Waals surface area contributed by atoms with Crippen LogP contribution in [0.25, 0.3) is 11.1 Å². The molecule has 0 spiro atoms. The van der Waals surface area contributed by atoms with Gasteiger partial charge in [-0.3, -0.25) is 9.71 Å². The monoisotopic (exact) mass is 515 g/mol. The molecule has 2 amide bonds. The Hall–Kier alpha value is -4.21. The van der Waals surface area contributed by atoms with Crippen LogP contribution in [-0.4, -0.2) is 38.4 Å². The SMILES string of the molecule is CN(C)Cc1cccc(-c2ccccc2S(=O)(=O)Nc2ccc(NC(=O)NCc3cccnc3)cc2)c1. The van der Waals surface area contributed by atoms with Gasteiger partial charge in [-0.15, -0.1) is 0 Å². The molecule has 0 aliphatic rings. The Morgan fingerprint density at radius 2 is 1.59 bits per heavy atom. The lowest BCUT2D eigenvalue weighted by Crippen LogP contribution is -2.28. The van der Waals surface area contributed by atoms with E-state index < -0.39 is 10.0 Å². The molecule has 0 bridgehead atoms. The Morgan fingerprint density at radius 1 is 0.865 bits per heavy atom. The van der Waals surface area contributed by atoms with Crippen LogP contribution in [0.1, 0.15) is 11.1 Å². The van der Waals surface area contributed by atoms with Crippen molar-refractivity contribution in [2.45, 2.75) is 18.0 Å². The average Bonchev–Trinajstić information content (AvgIpc) is 2.89. The third-order valence-corrected chi connectivity index (χ3v) is 6.92. The van der Waals surface area contributed by atoms with Crippen molar-refractivity contribution in [1.82, 2.24) is 15.2 Å². The Kier molecular flexibility index (Phi) is 8.17. The summed E-state index contributed by atoms with van der Waals surface area (Å²) in [5.74, 6) is 0. The molecule has 0 fully saturated rings. The summed E-state index contributed by atoms with van der Waals surface area (Å²) in [6.45, 7) is 1.10. The maximum atomic E-state index is 13.3. The normalized spacial score (nSPS) is 11.2. The van der Waals surface area contributed by atoms with Crippen molar-refractivity contribution < 1.29 is 13.2 Å². The van der Waals surface area contributed by atoms with Crippen molar-refractivity contribution >= 4 is 27.4 Å². The smallest absolute Gasteiger partial charge is 0.319 e. The van der Waals surface area contributed by atoms with Crippen molar-refractivity contribution in [2.24, 2.45) is 0 Å². The van der Waals surface area contributed by atoms with Crippen LogP contribution in [0.2, 0.25) is 0 Å². The molecule has 3 aromatic carbocycles. The molecule has 0 unspecified atom stereocenters. The summed E-state index contributed by atoms with van der Waals surface area (Å²) in [4.78, 5) is 18.4. The molecule has 0 radical (unpaired) electrons. The third-order valence-electron chi connectivity index (χ3n) is 5.48. The van der Waals surface area contributed by atoms with Gasteiger partial charge in [0.05, 0.1) is 4.90 Å². The summed E-state index contributed by atoms with van der Waals surface area (Å²) in [6, 6.07) is 24.6. The summed E-state index contributed by atoms with van der Waals surface area (Å²) in [6.07, 6.45) is 3.35. The van der Waals surface area contributed by atoms with Gasteiger partial charge in [0.25, 0.3) is 10.0 Å². The van der Waals surface area contributed by atoms with Crippen molar-refractivity contribution in [1.29, 1.82) is 0 Å². The number of carbonyl (C=O) groups excluding carboxylic acids is 1. The second-order valence-electron chi connectivity index (χ2n) is 8.79. The highest BCUT2D eigenvalue weighted by atomic mass is 32.2. The summed E-state index contributed by atoms with van der Waals surface area (Å²) in [7, 11) is 0.112. The summed E-state index contributed by atoms with van der Waals surface area (Å²) >= 11 is 0. The molecule has 0 saturated heterocycles. The van der Waals surface area contributed by atoms with Crippen LogP contribution in [0.3, 0.4) is 0 Å². The lowest BCUT2D eigenvalue weighted by molar-refractivity contribution is 0.251. The molecule has 4 aromatic rings. The highest BCUT2D eigenvalue weighted by Crippen LogP contribution is 2.29. The number of pyridine rings is 1. The first-order valence-electron chi connectivity index (χ1n) is 11.7. The molecule has 0 atom stereocenters. The molecule has 0 aliphatic carbocycles. The molecule has 1 heterocycles. The Labute approximate surface area is 217 Å². The van der Waals surface area contributed by atoms with Crippen LogP contribution >= 0.6 is 0 Å². The predicted molar refractivity (Wildman–Crippen MR) is 147 cm³/mol. The van der Waals surface area contributed by atoms with E-state index in [0.29, 0.717) is 23.5 Å². The van der Waals surface area contributed by atoms with Crippen LogP contribution in [0.5, 0.6) is 0 Å². The lowest BCUT2D eigenvalue weighted by Gasteiger charge is -2.15. The number of amides is 2. The second-order valence-corrected chi connectivity index (χ2v) is 10.4. The zero-order valence-corrected chi connectivity index (χ0v) is 21.5. The van der Waals surface area contributed by atoms with E-state index in [1.54, 1.807) is 60.9 Å². The number of sulfonamides is 1. The fourth-order valence-electron chi connectivity index (χ4n) is 3.83. The van der Waals surface area contributed by atoms with Crippen LogP contribution in [0, 0.1) is 0 Å². The highest BCUT2D eigenvalue weighted by molar-refractivity contribution is 7.92. The standard InChI is InChI=1S/C28H29N5O3S/c1-33(2)20-21-7-5-9-23(17-21)26-10-3-4-11-27(26)37(35,36)32-25-14-12-24(13-15-25)31-28(34)30-19-22-8-6-16-29-18-22/h3-18,32H,19-20H2,1-2H3,(H2,30,31,34). The minimum atomic E-state index is -3.87. The lowest BCUT2D eigenvalue weighted by atomic mass is 10.0. The number of hydrogen-bond donors (Lipinski definition) is 3. The molecular weight excluding hydrogens is 486 g/mol. The van der Waals surface area contributed by atoms with Crippen molar-refractivity contribution in [2.75, 3.05) is 24.1 Å². The van der Waals surface area contributed by atoms with Gasteiger partial charge >= 0.3 is 6.03 Å². The zero-order valence-electron chi connectivity index (χ0n) is 20.7. The van der Waals surface area contributed by atoms with Gasteiger partial charge in [-0.1, -0.05) is 42.5 Å². The number of nitrogens with zero attached hydrogens (tertiary/aromatic N) is 2. The molecule has 37 heavy (non-hydrogen) atoms. The third kappa shape index (κ3) is 7.16. The van der Waals surface area contributed by atoms with Gasteiger partial charge in [0, 0.05) is 42.4 Å². The number of rotatable bonds is 9. The van der Waals surface area contributed by atoms with Gasteiger partial charge < -0.3 is 15.5 Å². The van der Waals surface area contributed by atoms with E-state index in [0.717, 1.165) is 23.2 Å². The summed E-state index contributed by atoms with van der Waals surface area (Å²) in [5.41, 5.74) is 4.35. The number of nitrogens with one attached hydrogen (secondary N) is 3. The molecule has 0 saturated carbocycles. The maximum Gasteiger partial charge on any atom is 0.319 e. The quantitative estimate of drug-likeness (QED) is 0.293. The van der Waals surface area contributed by atoms with E-state index in [1.165, 1.54) is 0 Å². The van der Waals surface area contributed by atoms with E-state index in [-0.39, 0.29) is 10.9 Å². The molecule has 9 heteroatoms. The fraction of sp³-hybridized carbons (Fsp3) is 0.143. The van der Waals surface area contributed by atoms with Crippen molar-refractivity contribution in [3.8, 4) is 11.1 Å². The molecule has 0 aliphatic heterocycles. The van der Waals surface area contributed by atoms with Crippen LogP contribution in [0.15, 0.2) is 102 Å². The largest absolute Gasteiger partial charge is 0.334 e. The number of hydrogen-bond acceptors (Lipinski definition) is 5.